The summed E-state index contributed by atoms with van der Waals surface area (Å²) in [6.45, 7) is 9.92. The number of nitrogens with zero attached hydrogens (tertiary/aromatic N) is 4. The van der Waals surface area contributed by atoms with Crippen LogP contribution >= 0.6 is 11.6 Å². The number of amides is 2. The molecule has 2 aromatic heterocycles. The van der Waals surface area contributed by atoms with Gasteiger partial charge < -0.3 is 14.8 Å². The quantitative estimate of drug-likeness (QED) is 0.553. The van der Waals surface area contributed by atoms with Crippen molar-refractivity contribution in [1.29, 1.82) is 0 Å². The molecule has 0 fully saturated rings. The Balaban J connectivity index is 1.79. The molecule has 0 aliphatic rings. The molecule has 2 amide bonds. The van der Waals surface area contributed by atoms with Crippen molar-refractivity contribution in [1.82, 2.24) is 19.2 Å². The molecule has 0 unspecified atom stereocenters. The zero-order chi connectivity index (χ0) is 21.8. The van der Waals surface area contributed by atoms with Crippen molar-refractivity contribution in [3.8, 4) is 0 Å². The minimum atomic E-state index is -0.193. The summed E-state index contributed by atoms with van der Waals surface area (Å²) in [5.41, 5.74) is 3.70. The van der Waals surface area contributed by atoms with Gasteiger partial charge in [0, 0.05) is 47.5 Å². The van der Waals surface area contributed by atoms with E-state index in [9.17, 15) is 9.59 Å². The van der Waals surface area contributed by atoms with Crippen LogP contribution in [-0.4, -0.2) is 50.0 Å². The summed E-state index contributed by atoms with van der Waals surface area (Å²) < 4.78 is 3.69. The molecule has 8 heteroatoms. The fourth-order valence-corrected chi connectivity index (χ4v) is 3.91. The summed E-state index contributed by atoms with van der Waals surface area (Å²) in [4.78, 5) is 27.1. The van der Waals surface area contributed by atoms with Crippen LogP contribution in [0.25, 0.3) is 10.9 Å². The number of nitrogens with one attached hydrogen (secondary N) is 1. The minimum Gasteiger partial charge on any atom is -0.342 e. The molecule has 3 aromatic rings. The van der Waals surface area contributed by atoms with Gasteiger partial charge in [0.25, 0.3) is 5.91 Å². The van der Waals surface area contributed by atoms with Crippen LogP contribution in [0.4, 0.5) is 5.69 Å². The van der Waals surface area contributed by atoms with Crippen molar-refractivity contribution >= 4 is 40.0 Å². The highest BCUT2D eigenvalue weighted by atomic mass is 35.5. The maximum Gasteiger partial charge on any atom is 0.259 e. The summed E-state index contributed by atoms with van der Waals surface area (Å²) in [6, 6.07) is 7.65. The fraction of sp³-hybridized carbons (Fsp3) is 0.409. The Labute approximate surface area is 181 Å². The highest BCUT2D eigenvalue weighted by Crippen LogP contribution is 2.22. The van der Waals surface area contributed by atoms with Crippen molar-refractivity contribution in [2.45, 2.75) is 40.8 Å². The first-order valence-corrected chi connectivity index (χ1v) is 10.7. The molecule has 0 aliphatic carbocycles. The van der Waals surface area contributed by atoms with E-state index in [1.165, 1.54) is 0 Å². The lowest BCUT2D eigenvalue weighted by Crippen LogP contribution is -2.33. The van der Waals surface area contributed by atoms with Gasteiger partial charge in [-0.25, -0.2) is 0 Å². The number of hydrogen-bond acceptors (Lipinski definition) is 3. The molecule has 1 N–H and O–H groups in total. The molecular formula is C22H28ClN5O2. The average molecular weight is 430 g/mol. The highest BCUT2D eigenvalue weighted by Gasteiger charge is 2.19. The van der Waals surface area contributed by atoms with Crippen LogP contribution in [-0.2, 0) is 17.9 Å². The van der Waals surface area contributed by atoms with E-state index in [2.05, 4.69) is 10.4 Å². The largest absolute Gasteiger partial charge is 0.342 e. The number of aryl methyl sites for hydroxylation is 2. The van der Waals surface area contributed by atoms with Crippen molar-refractivity contribution in [3.05, 3.63) is 47.4 Å². The number of rotatable bonds is 8. The van der Waals surface area contributed by atoms with E-state index in [-0.39, 0.29) is 11.8 Å². The van der Waals surface area contributed by atoms with E-state index in [4.69, 9.17) is 11.6 Å². The van der Waals surface area contributed by atoms with Gasteiger partial charge in [-0.05, 0) is 52.0 Å². The maximum atomic E-state index is 12.8. The Bertz CT molecular complexity index is 1070. The number of aromatic nitrogens is 3. The van der Waals surface area contributed by atoms with Gasteiger partial charge in [0.15, 0.2) is 0 Å². The molecule has 7 nitrogen and oxygen atoms in total. The maximum absolute atomic E-state index is 12.8. The van der Waals surface area contributed by atoms with Crippen LogP contribution in [0.5, 0.6) is 0 Å². The van der Waals surface area contributed by atoms with E-state index in [1.54, 1.807) is 4.68 Å². The van der Waals surface area contributed by atoms with Crippen LogP contribution in [0.3, 0.4) is 0 Å². The van der Waals surface area contributed by atoms with E-state index >= 15 is 0 Å². The molecule has 0 bridgehead atoms. The van der Waals surface area contributed by atoms with Crippen LogP contribution in [0.2, 0.25) is 0 Å². The Morgan fingerprint density at radius 1 is 1.17 bits per heavy atom. The van der Waals surface area contributed by atoms with Gasteiger partial charge >= 0.3 is 0 Å². The first-order valence-electron chi connectivity index (χ1n) is 10.2. The first-order chi connectivity index (χ1) is 14.4. The predicted octanol–water partition coefficient (Wildman–Crippen LogP) is 3.81. The van der Waals surface area contributed by atoms with Gasteiger partial charge in [0.1, 0.15) is 6.54 Å². The van der Waals surface area contributed by atoms with Gasteiger partial charge in [-0.15, -0.1) is 11.6 Å². The van der Waals surface area contributed by atoms with Crippen molar-refractivity contribution in [2.75, 3.05) is 24.3 Å². The van der Waals surface area contributed by atoms with E-state index in [0.717, 1.165) is 16.6 Å². The van der Waals surface area contributed by atoms with E-state index in [1.807, 2.05) is 67.6 Å². The SMILES string of the molecule is CCN(CC)C(=O)Cn1ccc2cc(NC(=O)c3c(C)nn(CCCl)c3C)ccc21. The molecule has 1 aromatic carbocycles. The molecule has 160 valence electrons. The predicted molar refractivity (Wildman–Crippen MR) is 120 cm³/mol. The topological polar surface area (TPSA) is 72.2 Å². The molecule has 2 heterocycles. The van der Waals surface area contributed by atoms with E-state index in [0.29, 0.717) is 49.0 Å². The van der Waals surface area contributed by atoms with Gasteiger partial charge in [-0.2, -0.15) is 5.10 Å². The molecular weight excluding hydrogens is 402 g/mol. The molecule has 0 aliphatic heterocycles. The van der Waals surface area contributed by atoms with E-state index < -0.39 is 0 Å². The average Bonchev–Trinajstić information content (AvgIpc) is 3.23. The molecule has 30 heavy (non-hydrogen) atoms. The third kappa shape index (κ3) is 4.36. The number of halogens is 1. The van der Waals surface area contributed by atoms with Crippen molar-refractivity contribution in [3.63, 3.8) is 0 Å². The number of fused-ring (bicyclic) bond motifs is 1. The molecule has 0 spiro atoms. The second-order valence-corrected chi connectivity index (χ2v) is 7.57. The third-order valence-corrected chi connectivity index (χ3v) is 5.52. The summed E-state index contributed by atoms with van der Waals surface area (Å²) in [5.74, 6) is 0.337. The summed E-state index contributed by atoms with van der Waals surface area (Å²) in [6.07, 6.45) is 1.90. The zero-order valence-corrected chi connectivity index (χ0v) is 18.7. The fourth-order valence-electron chi connectivity index (χ4n) is 3.75. The summed E-state index contributed by atoms with van der Waals surface area (Å²) in [5, 5.41) is 8.33. The monoisotopic (exact) mass is 429 g/mol. The number of alkyl halides is 1. The third-order valence-electron chi connectivity index (χ3n) is 5.36. The number of anilines is 1. The van der Waals surface area contributed by atoms with Crippen LogP contribution < -0.4 is 5.32 Å². The molecule has 0 saturated carbocycles. The smallest absolute Gasteiger partial charge is 0.259 e. The van der Waals surface area contributed by atoms with Crippen LogP contribution in [0.1, 0.15) is 35.6 Å². The van der Waals surface area contributed by atoms with Crippen LogP contribution in [0, 0.1) is 13.8 Å². The van der Waals surface area contributed by atoms with Crippen molar-refractivity contribution in [2.24, 2.45) is 0 Å². The second-order valence-electron chi connectivity index (χ2n) is 7.20. The number of carbonyl (C=O) groups is 2. The van der Waals surface area contributed by atoms with Gasteiger partial charge in [-0.1, -0.05) is 0 Å². The minimum absolute atomic E-state index is 0.0924. The lowest BCUT2D eigenvalue weighted by atomic mass is 10.1. The summed E-state index contributed by atoms with van der Waals surface area (Å²) >= 11 is 5.81. The second kappa shape index (κ2) is 9.34. The Hall–Kier alpha value is -2.80. The summed E-state index contributed by atoms with van der Waals surface area (Å²) in [7, 11) is 0. The lowest BCUT2D eigenvalue weighted by molar-refractivity contribution is -0.131. The Kier molecular flexibility index (Phi) is 6.82. The Morgan fingerprint density at radius 3 is 2.57 bits per heavy atom. The normalized spacial score (nSPS) is 11.1. The number of carbonyl (C=O) groups excluding carboxylic acids is 2. The molecule has 0 atom stereocenters. The van der Waals surface area contributed by atoms with Gasteiger partial charge in [0.2, 0.25) is 5.91 Å². The highest BCUT2D eigenvalue weighted by molar-refractivity contribution is 6.17. The zero-order valence-electron chi connectivity index (χ0n) is 17.9. The number of benzene rings is 1. The number of hydrogen-bond donors (Lipinski definition) is 1. The van der Waals surface area contributed by atoms with Gasteiger partial charge in [-0.3, -0.25) is 14.3 Å². The Morgan fingerprint density at radius 2 is 1.90 bits per heavy atom. The standard InChI is InChI=1S/C22H28ClN5O2/c1-5-26(6-2)20(29)14-27-11-9-17-13-18(7-8-19(17)27)24-22(30)21-15(3)25-28(12-10-23)16(21)4/h7-9,11,13H,5-6,10,12,14H2,1-4H3,(H,24,30). The lowest BCUT2D eigenvalue weighted by Gasteiger charge is -2.19. The number of likely N-dealkylation sites (N-methyl/N-ethyl adjacent to an activating group) is 1. The molecule has 0 radical (unpaired) electrons. The van der Waals surface area contributed by atoms with Crippen LogP contribution in [0.15, 0.2) is 30.5 Å². The van der Waals surface area contributed by atoms with Crippen molar-refractivity contribution < 1.29 is 9.59 Å². The first kappa shape index (κ1) is 21.9. The molecule has 3 rings (SSSR count). The molecule has 0 saturated heterocycles. The van der Waals surface area contributed by atoms with Gasteiger partial charge in [0.05, 0.1) is 17.8 Å².